The molecule has 0 amide bonds. The van der Waals surface area contributed by atoms with Gasteiger partial charge in [-0.05, 0) is 37.8 Å². The van der Waals surface area contributed by atoms with Gasteiger partial charge >= 0.3 is 5.97 Å². The van der Waals surface area contributed by atoms with Crippen molar-refractivity contribution in [3.05, 3.63) is 29.8 Å². The minimum atomic E-state index is -1.03. The number of nitrogens with zero attached hydrogens (tertiary/aromatic N) is 1. The smallest absolute Gasteiger partial charge is 0.335 e. The highest BCUT2D eigenvalue weighted by Crippen LogP contribution is 2.09. The Morgan fingerprint density at radius 1 is 1.18 bits per heavy atom. The van der Waals surface area contributed by atoms with Crippen LogP contribution in [0, 0.1) is 0 Å². The van der Waals surface area contributed by atoms with Crippen molar-refractivity contribution in [2.24, 2.45) is 0 Å². The minimum absolute atomic E-state index is 0.0279. The van der Waals surface area contributed by atoms with Gasteiger partial charge in [-0.3, -0.25) is 0 Å². The van der Waals surface area contributed by atoms with Crippen LogP contribution in [0.2, 0.25) is 0 Å². The molecule has 0 unspecified atom stereocenters. The molecule has 0 saturated carbocycles. The van der Waals surface area contributed by atoms with E-state index in [4.69, 9.17) is 10.2 Å². The molecule has 0 heterocycles. The minimum Gasteiger partial charge on any atom is -0.508 e. The first-order valence-electron chi connectivity index (χ1n) is 5.79. The van der Waals surface area contributed by atoms with E-state index in [1.54, 1.807) is 0 Å². The molecule has 0 saturated heterocycles. The second-order valence-electron chi connectivity index (χ2n) is 3.47. The highest BCUT2D eigenvalue weighted by Gasteiger charge is 2.00. The largest absolute Gasteiger partial charge is 0.508 e. The number of carboxylic acids is 1. The van der Waals surface area contributed by atoms with Crippen LogP contribution < -0.4 is 0 Å². The standard InChI is InChI=1S/C7H6O3.C6H15N/c8-6-3-1-2-5(4-6)7(9)10;1-4-7(5-2)6-3/h1-4,8H,(H,9,10);4-6H2,1-3H3. The van der Waals surface area contributed by atoms with Crippen molar-refractivity contribution < 1.29 is 15.0 Å². The Balaban J connectivity index is 0.000000325. The van der Waals surface area contributed by atoms with E-state index in [0.717, 1.165) is 0 Å². The lowest BCUT2D eigenvalue weighted by atomic mass is 10.2. The topological polar surface area (TPSA) is 60.8 Å². The number of hydrogen-bond acceptors (Lipinski definition) is 3. The van der Waals surface area contributed by atoms with Crippen molar-refractivity contribution in [2.45, 2.75) is 20.8 Å². The molecule has 0 fully saturated rings. The van der Waals surface area contributed by atoms with Gasteiger partial charge in [-0.25, -0.2) is 4.79 Å². The Bertz CT molecular complexity index is 330. The number of phenolic OH excluding ortho intramolecular Hbond substituents is 1. The summed E-state index contributed by atoms with van der Waals surface area (Å²) in [7, 11) is 0. The molecule has 1 rings (SSSR count). The molecule has 0 aliphatic carbocycles. The van der Waals surface area contributed by atoms with E-state index in [1.807, 2.05) is 0 Å². The first kappa shape index (κ1) is 15.4. The molecule has 1 aromatic carbocycles. The van der Waals surface area contributed by atoms with Crippen LogP contribution >= 0.6 is 0 Å². The molecular formula is C13H21NO3. The molecule has 0 aromatic heterocycles. The highest BCUT2D eigenvalue weighted by atomic mass is 16.4. The normalized spacial score (nSPS) is 9.65. The van der Waals surface area contributed by atoms with Crippen molar-refractivity contribution >= 4 is 5.97 Å². The lowest BCUT2D eigenvalue weighted by Gasteiger charge is -2.13. The molecule has 4 heteroatoms. The van der Waals surface area contributed by atoms with Crippen LogP contribution in [-0.2, 0) is 0 Å². The zero-order valence-electron chi connectivity index (χ0n) is 10.7. The van der Waals surface area contributed by atoms with Gasteiger partial charge in [0.2, 0.25) is 0 Å². The van der Waals surface area contributed by atoms with Gasteiger partial charge in [-0.2, -0.15) is 0 Å². The van der Waals surface area contributed by atoms with Crippen LogP contribution in [0.25, 0.3) is 0 Å². The highest BCUT2D eigenvalue weighted by molar-refractivity contribution is 5.87. The zero-order valence-corrected chi connectivity index (χ0v) is 10.7. The Kier molecular flexibility index (Phi) is 7.80. The fourth-order valence-electron chi connectivity index (χ4n) is 1.31. The Morgan fingerprint density at radius 3 is 1.94 bits per heavy atom. The van der Waals surface area contributed by atoms with E-state index in [9.17, 15) is 4.79 Å². The average molecular weight is 239 g/mol. The van der Waals surface area contributed by atoms with E-state index < -0.39 is 5.97 Å². The number of phenols is 1. The molecule has 0 atom stereocenters. The molecule has 17 heavy (non-hydrogen) atoms. The van der Waals surface area contributed by atoms with Crippen molar-refractivity contribution in [3.63, 3.8) is 0 Å². The molecule has 0 aliphatic heterocycles. The first-order valence-corrected chi connectivity index (χ1v) is 5.79. The van der Waals surface area contributed by atoms with Crippen molar-refractivity contribution in [3.8, 4) is 5.75 Å². The third-order valence-electron chi connectivity index (χ3n) is 2.43. The van der Waals surface area contributed by atoms with Crippen molar-refractivity contribution in [1.29, 1.82) is 0 Å². The van der Waals surface area contributed by atoms with Gasteiger partial charge in [0.05, 0.1) is 5.56 Å². The van der Waals surface area contributed by atoms with Gasteiger partial charge in [0.15, 0.2) is 0 Å². The Labute approximate surface area is 103 Å². The van der Waals surface area contributed by atoms with Gasteiger partial charge in [0.25, 0.3) is 0 Å². The van der Waals surface area contributed by atoms with Crippen LogP contribution in [0.1, 0.15) is 31.1 Å². The van der Waals surface area contributed by atoms with Crippen LogP contribution in [0.5, 0.6) is 5.75 Å². The zero-order chi connectivity index (χ0) is 13.3. The summed E-state index contributed by atoms with van der Waals surface area (Å²) in [6.07, 6.45) is 0. The third kappa shape index (κ3) is 6.58. The number of benzene rings is 1. The number of carbonyl (C=O) groups is 1. The number of rotatable bonds is 4. The van der Waals surface area contributed by atoms with Crippen LogP contribution in [0.3, 0.4) is 0 Å². The summed E-state index contributed by atoms with van der Waals surface area (Å²) >= 11 is 0. The molecule has 0 radical (unpaired) electrons. The monoisotopic (exact) mass is 239 g/mol. The fourth-order valence-corrected chi connectivity index (χ4v) is 1.31. The molecule has 96 valence electrons. The van der Waals surface area contributed by atoms with Crippen LogP contribution in [0.4, 0.5) is 0 Å². The summed E-state index contributed by atoms with van der Waals surface area (Å²) in [5.41, 5.74) is 0.0972. The van der Waals surface area contributed by atoms with E-state index in [2.05, 4.69) is 25.7 Å². The van der Waals surface area contributed by atoms with Gasteiger partial charge < -0.3 is 15.1 Å². The van der Waals surface area contributed by atoms with Crippen LogP contribution in [0.15, 0.2) is 24.3 Å². The Morgan fingerprint density at radius 2 is 1.71 bits per heavy atom. The summed E-state index contributed by atoms with van der Waals surface area (Å²) in [5, 5.41) is 17.2. The summed E-state index contributed by atoms with van der Waals surface area (Å²) in [6, 6.07) is 5.52. The summed E-state index contributed by atoms with van der Waals surface area (Å²) < 4.78 is 0. The van der Waals surface area contributed by atoms with Gasteiger partial charge in [-0.1, -0.05) is 26.8 Å². The summed E-state index contributed by atoms with van der Waals surface area (Å²) in [5.74, 6) is -1.06. The lowest BCUT2D eigenvalue weighted by Crippen LogP contribution is -2.21. The van der Waals surface area contributed by atoms with E-state index in [0.29, 0.717) is 0 Å². The van der Waals surface area contributed by atoms with Crippen molar-refractivity contribution in [1.82, 2.24) is 4.90 Å². The maximum atomic E-state index is 10.2. The fraction of sp³-hybridized carbons (Fsp3) is 0.462. The lowest BCUT2D eigenvalue weighted by molar-refractivity contribution is 0.0696. The van der Waals surface area contributed by atoms with Crippen molar-refractivity contribution in [2.75, 3.05) is 19.6 Å². The molecule has 0 spiro atoms. The summed E-state index contributed by atoms with van der Waals surface area (Å²) in [6.45, 7) is 10.1. The predicted molar refractivity (Wildman–Crippen MR) is 68.5 cm³/mol. The maximum absolute atomic E-state index is 10.2. The van der Waals surface area contributed by atoms with E-state index in [-0.39, 0.29) is 11.3 Å². The Hall–Kier alpha value is -1.55. The molecule has 4 nitrogen and oxygen atoms in total. The predicted octanol–water partition coefficient (Wildman–Crippen LogP) is 2.44. The van der Waals surface area contributed by atoms with E-state index in [1.165, 1.54) is 43.9 Å². The van der Waals surface area contributed by atoms with E-state index >= 15 is 0 Å². The van der Waals surface area contributed by atoms with Gasteiger partial charge in [-0.15, -0.1) is 0 Å². The molecule has 2 N–H and O–H groups in total. The van der Waals surface area contributed by atoms with Crippen LogP contribution in [-0.4, -0.2) is 40.7 Å². The summed E-state index contributed by atoms with van der Waals surface area (Å²) in [4.78, 5) is 12.6. The number of carboxylic acid groups (broad SMARTS) is 1. The van der Waals surface area contributed by atoms with Gasteiger partial charge in [0, 0.05) is 0 Å². The van der Waals surface area contributed by atoms with Gasteiger partial charge in [0.1, 0.15) is 5.75 Å². The SMILES string of the molecule is CCN(CC)CC.O=C(O)c1cccc(O)c1. The molecule has 0 bridgehead atoms. The third-order valence-corrected chi connectivity index (χ3v) is 2.43. The molecule has 0 aliphatic rings. The second-order valence-corrected chi connectivity index (χ2v) is 3.47. The number of aromatic carboxylic acids is 1. The first-order chi connectivity index (χ1) is 8.04. The maximum Gasteiger partial charge on any atom is 0.335 e. The second kappa shape index (κ2) is 8.58. The average Bonchev–Trinajstić information content (AvgIpc) is 2.32. The quantitative estimate of drug-likeness (QED) is 0.847. The number of aromatic hydroxyl groups is 1. The molecule has 1 aromatic rings. The number of hydrogen-bond donors (Lipinski definition) is 2. The molecular weight excluding hydrogens is 218 g/mol.